The van der Waals surface area contributed by atoms with Gasteiger partial charge in [-0.3, -0.25) is 4.79 Å². The standard InChI is InChI=1S/C25H29N3O3S/c1-18-19(2)27-24-9-8-21(16-23(18)24)17-26-25(29)22-10-13-28(14-11-22)32(30,31)15-12-20-6-4-3-5-7-20/h3-9,12,15-16,22,27H,10-11,13-14,17H2,1-2H3,(H,26,29)/b15-12+. The molecular formula is C25H29N3O3S. The van der Waals surface area contributed by atoms with Gasteiger partial charge < -0.3 is 10.3 Å². The van der Waals surface area contributed by atoms with Crippen LogP contribution in [0.25, 0.3) is 17.0 Å². The van der Waals surface area contributed by atoms with E-state index in [1.807, 2.05) is 42.5 Å². The minimum atomic E-state index is -3.49. The van der Waals surface area contributed by atoms with E-state index in [1.54, 1.807) is 6.08 Å². The molecule has 0 unspecified atom stereocenters. The van der Waals surface area contributed by atoms with Crippen molar-refractivity contribution in [2.45, 2.75) is 33.2 Å². The van der Waals surface area contributed by atoms with E-state index in [4.69, 9.17) is 0 Å². The lowest BCUT2D eigenvalue weighted by atomic mass is 9.97. The number of nitrogens with zero attached hydrogens (tertiary/aromatic N) is 1. The number of aromatic amines is 1. The molecule has 1 aliphatic heterocycles. The van der Waals surface area contributed by atoms with Crippen LogP contribution in [0.4, 0.5) is 0 Å². The second-order valence-corrected chi connectivity index (χ2v) is 10.2. The van der Waals surface area contributed by atoms with Crippen LogP contribution in [0.2, 0.25) is 0 Å². The molecule has 6 nitrogen and oxygen atoms in total. The van der Waals surface area contributed by atoms with Gasteiger partial charge >= 0.3 is 0 Å². The Kier molecular flexibility index (Phi) is 6.48. The lowest BCUT2D eigenvalue weighted by Gasteiger charge is -2.29. The van der Waals surface area contributed by atoms with Gasteiger partial charge in [-0.1, -0.05) is 36.4 Å². The van der Waals surface area contributed by atoms with Gasteiger partial charge in [-0.15, -0.1) is 0 Å². The Labute approximate surface area is 189 Å². The van der Waals surface area contributed by atoms with E-state index >= 15 is 0 Å². The molecule has 0 atom stereocenters. The summed E-state index contributed by atoms with van der Waals surface area (Å²) in [5.41, 5.74) is 5.38. The van der Waals surface area contributed by atoms with Crippen LogP contribution >= 0.6 is 0 Å². The largest absolute Gasteiger partial charge is 0.358 e. The zero-order valence-electron chi connectivity index (χ0n) is 18.5. The summed E-state index contributed by atoms with van der Waals surface area (Å²) in [6, 6.07) is 15.5. The molecule has 4 rings (SSSR count). The van der Waals surface area contributed by atoms with Crippen LogP contribution in [0, 0.1) is 19.8 Å². The van der Waals surface area contributed by atoms with Crippen molar-refractivity contribution in [3.05, 3.63) is 76.3 Å². The van der Waals surface area contributed by atoms with Gasteiger partial charge in [-0.05, 0) is 61.6 Å². The molecule has 7 heteroatoms. The second kappa shape index (κ2) is 9.30. The molecule has 2 aromatic carbocycles. The van der Waals surface area contributed by atoms with Crippen molar-refractivity contribution in [1.82, 2.24) is 14.6 Å². The van der Waals surface area contributed by atoms with Gasteiger partial charge in [0.15, 0.2) is 0 Å². The SMILES string of the molecule is Cc1[nH]c2ccc(CNC(=O)C3CCN(S(=O)(=O)/C=C/c4ccccc4)CC3)cc2c1C. The molecule has 0 radical (unpaired) electrons. The number of carbonyl (C=O) groups excluding carboxylic acids is 1. The number of benzene rings is 2. The monoisotopic (exact) mass is 451 g/mol. The second-order valence-electron chi connectivity index (χ2n) is 8.40. The number of amides is 1. The highest BCUT2D eigenvalue weighted by Gasteiger charge is 2.29. The number of hydrogen-bond acceptors (Lipinski definition) is 3. The average molecular weight is 452 g/mol. The molecule has 0 saturated carbocycles. The Balaban J connectivity index is 1.30. The maximum Gasteiger partial charge on any atom is 0.236 e. The predicted molar refractivity (Wildman–Crippen MR) is 128 cm³/mol. The van der Waals surface area contributed by atoms with Gasteiger partial charge in [-0.2, -0.15) is 4.31 Å². The molecule has 168 valence electrons. The third-order valence-corrected chi connectivity index (χ3v) is 7.82. The summed E-state index contributed by atoms with van der Waals surface area (Å²) in [5, 5.41) is 5.46. The Morgan fingerprint density at radius 2 is 1.84 bits per heavy atom. The predicted octanol–water partition coefficient (Wildman–Crippen LogP) is 4.11. The molecule has 32 heavy (non-hydrogen) atoms. The Morgan fingerprint density at radius 3 is 2.56 bits per heavy atom. The van der Waals surface area contributed by atoms with E-state index in [2.05, 4.69) is 30.2 Å². The summed E-state index contributed by atoms with van der Waals surface area (Å²) in [4.78, 5) is 16.0. The number of hydrogen-bond donors (Lipinski definition) is 2. The van der Waals surface area contributed by atoms with Crippen LogP contribution in [-0.2, 0) is 21.4 Å². The molecule has 0 spiro atoms. The summed E-state index contributed by atoms with van der Waals surface area (Å²) in [5.74, 6) is -0.177. The number of H-pyrrole nitrogens is 1. The molecule has 0 bridgehead atoms. The lowest BCUT2D eigenvalue weighted by molar-refractivity contribution is -0.126. The fourth-order valence-electron chi connectivity index (χ4n) is 4.14. The fraction of sp³-hybridized carbons (Fsp3) is 0.320. The number of carbonyl (C=O) groups is 1. The van der Waals surface area contributed by atoms with Crippen LogP contribution in [-0.4, -0.2) is 36.7 Å². The fourth-order valence-corrected chi connectivity index (χ4v) is 5.36. The van der Waals surface area contributed by atoms with Crippen molar-refractivity contribution in [2.24, 2.45) is 5.92 Å². The van der Waals surface area contributed by atoms with Gasteiger partial charge in [0.25, 0.3) is 0 Å². The molecule has 3 aromatic rings. The number of rotatable bonds is 6. The maximum absolute atomic E-state index is 12.7. The molecule has 1 saturated heterocycles. The van der Waals surface area contributed by atoms with Crippen molar-refractivity contribution in [3.8, 4) is 0 Å². The summed E-state index contributed by atoms with van der Waals surface area (Å²) < 4.78 is 26.7. The molecular weight excluding hydrogens is 422 g/mol. The number of aromatic nitrogens is 1. The highest BCUT2D eigenvalue weighted by Crippen LogP contribution is 2.23. The smallest absolute Gasteiger partial charge is 0.236 e. The van der Waals surface area contributed by atoms with Crippen LogP contribution in [0.3, 0.4) is 0 Å². The third kappa shape index (κ3) is 4.95. The van der Waals surface area contributed by atoms with E-state index in [9.17, 15) is 13.2 Å². The first-order chi connectivity index (χ1) is 15.3. The number of nitrogens with one attached hydrogen (secondary N) is 2. The molecule has 1 fully saturated rings. The molecule has 2 N–H and O–H groups in total. The first kappa shape index (κ1) is 22.3. The van der Waals surface area contributed by atoms with Crippen LogP contribution in [0.1, 0.15) is 35.2 Å². The molecule has 0 aliphatic carbocycles. The first-order valence-corrected chi connectivity index (χ1v) is 12.4. The van der Waals surface area contributed by atoms with Crippen molar-refractivity contribution >= 4 is 32.9 Å². The maximum atomic E-state index is 12.7. The molecule has 2 heterocycles. The van der Waals surface area contributed by atoms with E-state index < -0.39 is 10.0 Å². The third-order valence-electron chi connectivity index (χ3n) is 6.26. The molecule has 1 amide bonds. The van der Waals surface area contributed by atoms with E-state index in [-0.39, 0.29) is 11.8 Å². The summed E-state index contributed by atoms with van der Waals surface area (Å²) in [7, 11) is -3.49. The number of fused-ring (bicyclic) bond motifs is 1. The summed E-state index contributed by atoms with van der Waals surface area (Å²) in [6.45, 7) is 5.33. The zero-order chi connectivity index (χ0) is 22.7. The van der Waals surface area contributed by atoms with E-state index in [0.717, 1.165) is 22.3 Å². The lowest BCUT2D eigenvalue weighted by Crippen LogP contribution is -2.42. The van der Waals surface area contributed by atoms with Gasteiger partial charge in [0, 0.05) is 47.6 Å². The highest BCUT2D eigenvalue weighted by molar-refractivity contribution is 7.92. The van der Waals surface area contributed by atoms with Gasteiger partial charge in [-0.25, -0.2) is 8.42 Å². The highest BCUT2D eigenvalue weighted by atomic mass is 32.2. The quantitative estimate of drug-likeness (QED) is 0.592. The number of sulfonamides is 1. The minimum absolute atomic E-state index is 0.0102. The average Bonchev–Trinajstić information content (AvgIpc) is 3.10. The molecule has 1 aromatic heterocycles. The van der Waals surface area contributed by atoms with Crippen molar-refractivity contribution in [1.29, 1.82) is 0 Å². The van der Waals surface area contributed by atoms with Crippen molar-refractivity contribution in [3.63, 3.8) is 0 Å². The summed E-state index contributed by atoms with van der Waals surface area (Å²) in [6.07, 6.45) is 2.66. The Morgan fingerprint density at radius 1 is 1.12 bits per heavy atom. The van der Waals surface area contributed by atoms with Crippen LogP contribution < -0.4 is 5.32 Å². The topological polar surface area (TPSA) is 82.3 Å². The number of aryl methyl sites for hydroxylation is 2. The van der Waals surface area contributed by atoms with Crippen LogP contribution in [0.15, 0.2) is 53.9 Å². The van der Waals surface area contributed by atoms with E-state index in [1.165, 1.54) is 20.7 Å². The van der Waals surface area contributed by atoms with Gasteiger partial charge in [0.05, 0.1) is 0 Å². The van der Waals surface area contributed by atoms with Gasteiger partial charge in [0.2, 0.25) is 15.9 Å². The minimum Gasteiger partial charge on any atom is -0.358 e. The first-order valence-electron chi connectivity index (χ1n) is 10.9. The zero-order valence-corrected chi connectivity index (χ0v) is 19.3. The van der Waals surface area contributed by atoms with E-state index in [0.29, 0.717) is 32.5 Å². The summed E-state index contributed by atoms with van der Waals surface area (Å²) >= 11 is 0. The van der Waals surface area contributed by atoms with Crippen LogP contribution in [0.5, 0.6) is 0 Å². The molecule has 1 aliphatic rings. The Bertz CT molecular complexity index is 1240. The van der Waals surface area contributed by atoms with Crippen molar-refractivity contribution < 1.29 is 13.2 Å². The number of piperidine rings is 1. The van der Waals surface area contributed by atoms with Crippen molar-refractivity contribution in [2.75, 3.05) is 13.1 Å². The Hall–Kier alpha value is -2.90. The normalized spacial score (nSPS) is 16.1. The van der Waals surface area contributed by atoms with Gasteiger partial charge in [0.1, 0.15) is 0 Å².